The van der Waals surface area contributed by atoms with Crippen LogP contribution in [0.1, 0.15) is 18.9 Å². The standard InChI is InChI=1S/C55H42N2/c1-39-32-34-42(35-33-39)47-27-12-15-30-52(47)56(51-29-14-11-26-46(51)40-18-5-2-6-19-40)45-25-17-22-43(38-45)48-36-37-49(41-20-7-3-8-21-41)55-54(48)50-28-13-16-31-53(50)57(55)44-23-9-4-10-24-44/h2-32,34-39H,33H2,1H3. The van der Waals surface area contributed by atoms with E-state index in [1.54, 1.807) is 0 Å². The summed E-state index contributed by atoms with van der Waals surface area (Å²) in [4.78, 5) is 2.47. The van der Waals surface area contributed by atoms with Crippen LogP contribution in [-0.4, -0.2) is 4.57 Å². The molecule has 1 unspecified atom stereocenters. The van der Waals surface area contributed by atoms with Crippen LogP contribution in [0, 0.1) is 5.92 Å². The van der Waals surface area contributed by atoms with E-state index in [9.17, 15) is 0 Å². The van der Waals surface area contributed by atoms with Crippen LogP contribution >= 0.6 is 0 Å². The van der Waals surface area contributed by atoms with E-state index < -0.39 is 0 Å². The van der Waals surface area contributed by atoms with Gasteiger partial charge in [0.2, 0.25) is 0 Å². The summed E-state index contributed by atoms with van der Waals surface area (Å²) < 4.78 is 2.45. The topological polar surface area (TPSA) is 8.17 Å². The summed E-state index contributed by atoms with van der Waals surface area (Å²) in [6, 6.07) is 72.7. The molecule has 10 rings (SSSR count). The first kappa shape index (κ1) is 34.3. The maximum absolute atomic E-state index is 2.47. The van der Waals surface area contributed by atoms with Crippen molar-refractivity contribution in [2.24, 2.45) is 5.92 Å². The van der Waals surface area contributed by atoms with Crippen LogP contribution in [0.3, 0.4) is 0 Å². The third-order valence-electron chi connectivity index (χ3n) is 11.3. The lowest BCUT2D eigenvalue weighted by molar-refractivity contribution is 0.739. The van der Waals surface area contributed by atoms with E-state index >= 15 is 0 Å². The zero-order chi connectivity index (χ0) is 38.1. The monoisotopic (exact) mass is 730 g/mol. The van der Waals surface area contributed by atoms with Crippen molar-refractivity contribution in [3.05, 3.63) is 224 Å². The highest BCUT2D eigenvalue weighted by atomic mass is 15.1. The number of rotatable bonds is 8. The average molecular weight is 731 g/mol. The molecule has 2 nitrogen and oxygen atoms in total. The van der Waals surface area contributed by atoms with Crippen molar-refractivity contribution in [1.82, 2.24) is 4.57 Å². The Labute approximate surface area is 334 Å². The van der Waals surface area contributed by atoms with Crippen molar-refractivity contribution in [2.75, 3.05) is 4.90 Å². The van der Waals surface area contributed by atoms with Gasteiger partial charge in [-0.2, -0.15) is 0 Å². The molecule has 8 aromatic carbocycles. The van der Waals surface area contributed by atoms with Gasteiger partial charge < -0.3 is 9.47 Å². The number of hydrogen-bond donors (Lipinski definition) is 0. The smallest absolute Gasteiger partial charge is 0.0625 e. The number of hydrogen-bond acceptors (Lipinski definition) is 1. The van der Waals surface area contributed by atoms with Gasteiger partial charge in [-0.1, -0.05) is 183 Å². The molecule has 57 heavy (non-hydrogen) atoms. The molecule has 1 aliphatic carbocycles. The Bertz CT molecular complexity index is 2930. The van der Waals surface area contributed by atoms with Crippen molar-refractivity contribution in [2.45, 2.75) is 13.3 Å². The van der Waals surface area contributed by atoms with Crippen molar-refractivity contribution >= 4 is 44.4 Å². The molecule has 1 aromatic heterocycles. The van der Waals surface area contributed by atoms with Crippen molar-refractivity contribution in [1.29, 1.82) is 0 Å². The Balaban J connectivity index is 1.24. The van der Waals surface area contributed by atoms with Crippen LogP contribution in [0.15, 0.2) is 218 Å². The van der Waals surface area contributed by atoms with Gasteiger partial charge in [-0.05, 0) is 82.6 Å². The minimum absolute atomic E-state index is 0.533. The second-order valence-electron chi connectivity index (χ2n) is 15.0. The highest BCUT2D eigenvalue weighted by molar-refractivity contribution is 6.19. The van der Waals surface area contributed by atoms with Crippen LogP contribution < -0.4 is 4.90 Å². The number of anilines is 3. The summed E-state index contributed by atoms with van der Waals surface area (Å²) in [5.41, 5.74) is 16.5. The number of fused-ring (bicyclic) bond motifs is 3. The van der Waals surface area contributed by atoms with Crippen LogP contribution in [-0.2, 0) is 0 Å². The number of para-hydroxylation sites is 4. The van der Waals surface area contributed by atoms with Crippen molar-refractivity contribution < 1.29 is 0 Å². The minimum atomic E-state index is 0.533. The molecule has 1 atom stereocenters. The van der Waals surface area contributed by atoms with Crippen LogP contribution in [0.5, 0.6) is 0 Å². The lowest BCUT2D eigenvalue weighted by Crippen LogP contribution is -2.13. The second kappa shape index (κ2) is 14.8. The molecule has 0 spiro atoms. The van der Waals surface area contributed by atoms with E-state index in [-0.39, 0.29) is 0 Å². The zero-order valence-corrected chi connectivity index (χ0v) is 32.0. The molecule has 0 aliphatic heterocycles. The van der Waals surface area contributed by atoms with Crippen LogP contribution in [0.25, 0.3) is 66.4 Å². The van der Waals surface area contributed by atoms with E-state index in [2.05, 4.69) is 235 Å². The largest absolute Gasteiger partial charge is 0.309 e. The zero-order valence-electron chi connectivity index (χ0n) is 32.0. The molecule has 9 aromatic rings. The Morgan fingerprint density at radius 1 is 0.491 bits per heavy atom. The van der Waals surface area contributed by atoms with Crippen LogP contribution in [0.2, 0.25) is 0 Å². The summed E-state index contributed by atoms with van der Waals surface area (Å²) in [5.74, 6) is 0.533. The van der Waals surface area contributed by atoms with Gasteiger partial charge in [0, 0.05) is 38.8 Å². The molecule has 1 aliphatic rings. The van der Waals surface area contributed by atoms with Gasteiger partial charge in [0.25, 0.3) is 0 Å². The van der Waals surface area contributed by atoms with E-state index in [1.165, 1.54) is 66.3 Å². The number of allylic oxidation sites excluding steroid dienone is 4. The van der Waals surface area contributed by atoms with Crippen molar-refractivity contribution in [3.63, 3.8) is 0 Å². The summed E-state index contributed by atoms with van der Waals surface area (Å²) in [6.45, 7) is 2.28. The van der Waals surface area contributed by atoms with Gasteiger partial charge in [-0.3, -0.25) is 0 Å². The molecule has 0 bridgehead atoms. The predicted octanol–water partition coefficient (Wildman–Crippen LogP) is 15.2. The minimum Gasteiger partial charge on any atom is -0.309 e. The Morgan fingerprint density at radius 3 is 1.79 bits per heavy atom. The normalized spacial score (nSPS) is 13.8. The molecule has 0 N–H and O–H groups in total. The maximum Gasteiger partial charge on any atom is 0.0625 e. The highest BCUT2D eigenvalue weighted by Gasteiger charge is 2.24. The molecular formula is C55H42N2. The second-order valence-corrected chi connectivity index (χ2v) is 15.0. The fourth-order valence-electron chi connectivity index (χ4n) is 8.62. The number of nitrogens with zero attached hydrogens (tertiary/aromatic N) is 2. The number of benzene rings is 8. The van der Waals surface area contributed by atoms with E-state index in [0.717, 1.165) is 29.2 Å². The average Bonchev–Trinajstić information content (AvgIpc) is 3.63. The summed E-state index contributed by atoms with van der Waals surface area (Å²) in [6.07, 6.45) is 8.07. The van der Waals surface area contributed by atoms with Gasteiger partial charge in [-0.15, -0.1) is 0 Å². The summed E-state index contributed by atoms with van der Waals surface area (Å²) >= 11 is 0. The first-order valence-corrected chi connectivity index (χ1v) is 19.9. The lowest BCUT2D eigenvalue weighted by atomic mass is 9.92. The highest BCUT2D eigenvalue weighted by Crippen LogP contribution is 2.47. The first-order chi connectivity index (χ1) is 28.2. The Hall–Kier alpha value is -7.16. The maximum atomic E-state index is 2.47. The fraction of sp³-hybridized carbons (Fsp3) is 0.0545. The molecule has 0 fully saturated rings. The van der Waals surface area contributed by atoms with Gasteiger partial charge in [0.05, 0.1) is 22.4 Å². The first-order valence-electron chi connectivity index (χ1n) is 19.9. The molecule has 272 valence electrons. The quantitative estimate of drug-likeness (QED) is 0.151. The van der Waals surface area contributed by atoms with Gasteiger partial charge in [0.1, 0.15) is 0 Å². The third-order valence-corrected chi connectivity index (χ3v) is 11.3. The Kier molecular flexibility index (Phi) is 8.93. The molecule has 0 saturated heterocycles. The molecule has 2 heteroatoms. The summed E-state index contributed by atoms with van der Waals surface area (Å²) in [7, 11) is 0. The van der Waals surface area contributed by atoms with Crippen molar-refractivity contribution in [3.8, 4) is 39.1 Å². The van der Waals surface area contributed by atoms with E-state index in [0.29, 0.717) is 5.92 Å². The van der Waals surface area contributed by atoms with Crippen LogP contribution in [0.4, 0.5) is 17.1 Å². The van der Waals surface area contributed by atoms with Gasteiger partial charge in [0.15, 0.2) is 0 Å². The molecule has 0 amide bonds. The molecule has 0 saturated carbocycles. The lowest BCUT2D eigenvalue weighted by Gasteiger charge is -2.30. The SMILES string of the molecule is CC1C=CC(c2ccccc2N(c2cccc(-c3ccc(-c4ccccc4)c4c3c3ccccc3n4-c3ccccc3)c2)c2ccccc2-c2ccccc2)=CC1. The van der Waals surface area contributed by atoms with E-state index in [4.69, 9.17) is 0 Å². The number of aromatic nitrogens is 1. The van der Waals surface area contributed by atoms with Gasteiger partial charge >= 0.3 is 0 Å². The Morgan fingerprint density at radius 2 is 1.07 bits per heavy atom. The molecule has 1 heterocycles. The third kappa shape index (κ3) is 6.26. The fourth-order valence-corrected chi connectivity index (χ4v) is 8.62. The summed E-state index contributed by atoms with van der Waals surface area (Å²) in [5, 5.41) is 2.48. The van der Waals surface area contributed by atoms with Gasteiger partial charge in [-0.25, -0.2) is 0 Å². The molecular weight excluding hydrogens is 689 g/mol. The van der Waals surface area contributed by atoms with E-state index in [1.807, 2.05) is 0 Å². The predicted molar refractivity (Wildman–Crippen MR) is 243 cm³/mol. The molecule has 0 radical (unpaired) electrons.